The van der Waals surface area contributed by atoms with Crippen LogP contribution in [0.25, 0.3) is 0 Å². The summed E-state index contributed by atoms with van der Waals surface area (Å²) in [6.45, 7) is 0.736. The lowest BCUT2D eigenvalue weighted by Crippen LogP contribution is -2.24. The summed E-state index contributed by atoms with van der Waals surface area (Å²) in [5, 5.41) is 0. The number of halogens is 3. The minimum Gasteiger partial charge on any atom is -0.406 e. The molecule has 1 amide bonds. The lowest BCUT2D eigenvalue weighted by atomic mass is 10.1. The van der Waals surface area contributed by atoms with Crippen molar-refractivity contribution in [3.05, 3.63) is 64.6 Å². The Kier molecular flexibility index (Phi) is 3.41. The van der Waals surface area contributed by atoms with Crippen molar-refractivity contribution in [2.24, 2.45) is 0 Å². The number of alkyl halides is 3. The minimum atomic E-state index is -4.71. The van der Waals surface area contributed by atoms with Gasteiger partial charge < -0.3 is 9.64 Å². The fourth-order valence-corrected chi connectivity index (χ4v) is 2.32. The van der Waals surface area contributed by atoms with Crippen LogP contribution in [-0.2, 0) is 11.3 Å². The molecule has 0 aromatic heterocycles. The third-order valence-corrected chi connectivity index (χ3v) is 3.28. The number of benzene rings is 1. The van der Waals surface area contributed by atoms with Crippen LogP contribution in [0.5, 0.6) is 5.75 Å². The second-order valence-electron chi connectivity index (χ2n) is 4.85. The Balaban J connectivity index is 1.70. The molecule has 2 aliphatic rings. The normalized spacial score (nSPS) is 16.5. The van der Waals surface area contributed by atoms with Gasteiger partial charge in [-0.05, 0) is 29.8 Å². The maximum Gasteiger partial charge on any atom is 0.573 e. The Labute approximate surface area is 124 Å². The SMILES string of the molecule is O=C1C2=CC=C=C=C2CN1Cc1ccc(OC(F)(F)F)cc1. The van der Waals surface area contributed by atoms with Gasteiger partial charge in [0.1, 0.15) is 5.75 Å². The van der Waals surface area contributed by atoms with E-state index in [0.29, 0.717) is 18.7 Å². The van der Waals surface area contributed by atoms with Gasteiger partial charge in [0, 0.05) is 12.1 Å². The number of ether oxygens (including phenoxy) is 1. The Bertz CT molecular complexity index is 747. The van der Waals surface area contributed by atoms with E-state index in [4.69, 9.17) is 0 Å². The summed E-state index contributed by atoms with van der Waals surface area (Å²) in [5.74, 6) is -0.397. The number of hydrogen-bond donors (Lipinski definition) is 0. The number of likely N-dealkylation sites (tertiary alicyclic amines) is 1. The van der Waals surface area contributed by atoms with Crippen LogP contribution in [0, 0.1) is 0 Å². The first-order valence-corrected chi connectivity index (χ1v) is 6.47. The van der Waals surface area contributed by atoms with Gasteiger partial charge in [-0.25, -0.2) is 0 Å². The second kappa shape index (κ2) is 5.26. The third kappa shape index (κ3) is 2.98. The Hall–Kier alpha value is -2.68. The van der Waals surface area contributed by atoms with E-state index in [1.54, 1.807) is 17.1 Å². The maximum absolute atomic E-state index is 12.2. The molecular formula is C16H10F3NO2. The summed E-state index contributed by atoms with van der Waals surface area (Å²) in [7, 11) is 0. The van der Waals surface area contributed by atoms with Gasteiger partial charge in [0.25, 0.3) is 5.91 Å². The van der Waals surface area contributed by atoms with Gasteiger partial charge in [-0.3, -0.25) is 4.79 Å². The fourth-order valence-electron chi connectivity index (χ4n) is 2.32. The van der Waals surface area contributed by atoms with Crippen molar-refractivity contribution < 1.29 is 22.7 Å². The average Bonchev–Trinajstić information content (AvgIpc) is 2.77. The number of amides is 1. The van der Waals surface area contributed by atoms with Crippen molar-refractivity contribution in [3.63, 3.8) is 0 Å². The van der Waals surface area contributed by atoms with E-state index in [2.05, 4.69) is 16.2 Å². The fraction of sp³-hybridized carbons (Fsp3) is 0.188. The number of rotatable bonds is 3. The van der Waals surface area contributed by atoms with Crippen molar-refractivity contribution in [1.29, 1.82) is 0 Å². The quantitative estimate of drug-likeness (QED) is 0.803. The van der Waals surface area contributed by atoms with E-state index in [1.807, 2.05) is 0 Å². The molecule has 3 nitrogen and oxygen atoms in total. The topological polar surface area (TPSA) is 29.5 Å². The molecule has 1 aromatic carbocycles. The van der Waals surface area contributed by atoms with Gasteiger partial charge in [0.2, 0.25) is 0 Å². The monoisotopic (exact) mass is 305 g/mol. The zero-order valence-corrected chi connectivity index (χ0v) is 11.3. The lowest BCUT2D eigenvalue weighted by Gasteiger charge is -2.15. The van der Waals surface area contributed by atoms with E-state index in [-0.39, 0.29) is 11.7 Å². The molecule has 0 N–H and O–H groups in total. The number of carbonyl (C=O) groups is 1. The Morgan fingerprint density at radius 2 is 1.95 bits per heavy atom. The number of carbonyl (C=O) groups excluding carboxylic acids is 1. The molecule has 1 heterocycles. The highest BCUT2D eigenvalue weighted by Crippen LogP contribution is 2.27. The maximum atomic E-state index is 12.2. The molecule has 0 bridgehead atoms. The predicted octanol–water partition coefficient (Wildman–Crippen LogP) is 3.10. The van der Waals surface area contributed by atoms with Crippen LogP contribution in [0.1, 0.15) is 5.56 Å². The van der Waals surface area contributed by atoms with Crippen LogP contribution in [0.3, 0.4) is 0 Å². The molecule has 0 saturated carbocycles. The van der Waals surface area contributed by atoms with Crippen molar-refractivity contribution in [3.8, 4) is 5.75 Å². The molecule has 1 aromatic rings. The molecule has 22 heavy (non-hydrogen) atoms. The van der Waals surface area contributed by atoms with E-state index < -0.39 is 6.36 Å². The average molecular weight is 305 g/mol. The molecule has 1 aliphatic carbocycles. The van der Waals surface area contributed by atoms with Crippen LogP contribution >= 0.6 is 0 Å². The third-order valence-electron chi connectivity index (χ3n) is 3.28. The first-order valence-electron chi connectivity index (χ1n) is 6.47. The van der Waals surface area contributed by atoms with Crippen LogP contribution in [0.15, 0.2) is 59.0 Å². The second-order valence-corrected chi connectivity index (χ2v) is 4.85. The molecule has 0 spiro atoms. The van der Waals surface area contributed by atoms with Crippen molar-refractivity contribution in [1.82, 2.24) is 4.90 Å². The number of nitrogens with zero attached hydrogens (tertiary/aromatic N) is 1. The molecule has 1 saturated heterocycles. The van der Waals surface area contributed by atoms with Crippen molar-refractivity contribution in [2.45, 2.75) is 12.9 Å². The van der Waals surface area contributed by atoms with E-state index in [0.717, 1.165) is 11.1 Å². The van der Waals surface area contributed by atoms with Crippen LogP contribution in [0.4, 0.5) is 13.2 Å². The van der Waals surface area contributed by atoms with Crippen LogP contribution in [-0.4, -0.2) is 23.7 Å². The molecule has 0 unspecified atom stereocenters. The van der Waals surface area contributed by atoms with Gasteiger partial charge >= 0.3 is 6.36 Å². The summed E-state index contributed by atoms with van der Waals surface area (Å²) >= 11 is 0. The molecule has 6 heteroatoms. The zero-order valence-electron chi connectivity index (χ0n) is 11.3. The number of allylic oxidation sites excluding steroid dienone is 2. The summed E-state index contributed by atoms with van der Waals surface area (Å²) in [6.07, 6.45) is -1.39. The van der Waals surface area contributed by atoms with Crippen LogP contribution in [0.2, 0.25) is 0 Å². The molecule has 3 rings (SSSR count). The zero-order chi connectivity index (χ0) is 15.7. The number of hydrogen-bond acceptors (Lipinski definition) is 2. The van der Waals surface area contributed by atoms with Crippen LogP contribution < -0.4 is 4.74 Å². The smallest absolute Gasteiger partial charge is 0.406 e. The summed E-state index contributed by atoms with van der Waals surface area (Å²) in [4.78, 5) is 13.8. The predicted molar refractivity (Wildman–Crippen MR) is 71.7 cm³/mol. The summed E-state index contributed by atoms with van der Waals surface area (Å²) in [5.41, 5.74) is 7.79. The summed E-state index contributed by atoms with van der Waals surface area (Å²) < 4.78 is 40.1. The Morgan fingerprint density at radius 1 is 1.23 bits per heavy atom. The van der Waals surface area contributed by atoms with E-state index >= 15 is 0 Å². The number of fused-ring (bicyclic) bond motifs is 1. The first kappa shape index (κ1) is 14.3. The van der Waals surface area contributed by atoms with Gasteiger partial charge in [0.05, 0.1) is 12.1 Å². The Morgan fingerprint density at radius 3 is 2.59 bits per heavy atom. The van der Waals surface area contributed by atoms with Gasteiger partial charge in [0.15, 0.2) is 0 Å². The molecule has 0 radical (unpaired) electrons. The highest BCUT2D eigenvalue weighted by Gasteiger charge is 2.32. The largest absolute Gasteiger partial charge is 0.573 e. The van der Waals surface area contributed by atoms with Gasteiger partial charge in [-0.2, -0.15) is 0 Å². The van der Waals surface area contributed by atoms with Crippen molar-refractivity contribution >= 4 is 5.91 Å². The van der Waals surface area contributed by atoms with Gasteiger partial charge in [-0.1, -0.05) is 23.6 Å². The van der Waals surface area contributed by atoms with E-state index in [9.17, 15) is 18.0 Å². The molecular weight excluding hydrogens is 295 g/mol. The highest BCUT2D eigenvalue weighted by molar-refractivity contribution is 6.01. The molecule has 1 fully saturated rings. The molecule has 112 valence electrons. The first-order chi connectivity index (χ1) is 10.4. The summed E-state index contributed by atoms with van der Waals surface area (Å²) in [6, 6.07) is 5.48. The molecule has 1 aliphatic heterocycles. The standard InChI is InChI=1S/C16H10F3NO2/c17-16(18,19)22-13-7-5-11(6-8-13)9-20-10-12-3-1-2-4-14(12)15(20)21/h2,4-8H,9-10H2. The highest BCUT2D eigenvalue weighted by atomic mass is 19.4. The van der Waals surface area contributed by atoms with E-state index in [1.165, 1.54) is 24.3 Å². The lowest BCUT2D eigenvalue weighted by molar-refractivity contribution is -0.274. The van der Waals surface area contributed by atoms with Crippen molar-refractivity contribution in [2.75, 3.05) is 6.54 Å². The van der Waals surface area contributed by atoms with Gasteiger partial charge in [-0.15, -0.1) is 13.2 Å². The minimum absolute atomic E-state index is 0.115. The molecule has 0 atom stereocenters.